The Bertz CT molecular complexity index is 512. The third-order valence-electron chi connectivity index (χ3n) is 3.60. The second-order valence-electron chi connectivity index (χ2n) is 4.72. The Morgan fingerprint density at radius 1 is 1.32 bits per heavy atom. The molecule has 1 aromatic heterocycles. The Morgan fingerprint density at radius 2 is 2.16 bits per heavy atom. The molecule has 0 spiro atoms. The van der Waals surface area contributed by atoms with Crippen LogP contribution in [0.3, 0.4) is 0 Å². The van der Waals surface area contributed by atoms with Gasteiger partial charge in [-0.15, -0.1) is 0 Å². The second-order valence-corrected chi connectivity index (χ2v) is 4.72. The number of hydrogen-bond donors (Lipinski definition) is 2. The van der Waals surface area contributed by atoms with E-state index in [1.54, 1.807) is 7.11 Å². The maximum atomic E-state index is 5.29. The smallest absolute Gasteiger partial charge is 0.119 e. The van der Waals surface area contributed by atoms with Crippen molar-refractivity contribution in [3.05, 3.63) is 30.0 Å². The summed E-state index contributed by atoms with van der Waals surface area (Å²) in [4.78, 5) is 3.33. The van der Waals surface area contributed by atoms with Crippen LogP contribution < -0.4 is 10.1 Å². The molecule has 104 valence electrons. The lowest BCUT2D eigenvalue weighted by atomic mass is 10.0. The third kappa shape index (κ3) is 3.10. The number of benzene rings is 1. The van der Waals surface area contributed by atoms with E-state index >= 15 is 0 Å². The highest BCUT2D eigenvalue weighted by molar-refractivity contribution is 5.84. The minimum Gasteiger partial charge on any atom is -0.497 e. The van der Waals surface area contributed by atoms with Crippen LogP contribution in [0.1, 0.15) is 32.3 Å². The zero-order chi connectivity index (χ0) is 13.7. The minimum absolute atomic E-state index is 0.639. The van der Waals surface area contributed by atoms with Gasteiger partial charge in [-0.05, 0) is 49.6 Å². The van der Waals surface area contributed by atoms with Crippen molar-refractivity contribution in [2.24, 2.45) is 0 Å². The monoisotopic (exact) mass is 260 g/mol. The number of aromatic nitrogens is 1. The first kappa shape index (κ1) is 13.9. The van der Waals surface area contributed by atoms with E-state index in [1.807, 2.05) is 19.9 Å². The predicted molar refractivity (Wildman–Crippen MR) is 80.9 cm³/mol. The Labute approximate surface area is 115 Å². The molecule has 1 aliphatic rings. The molecule has 0 bridgehead atoms. The van der Waals surface area contributed by atoms with Crippen molar-refractivity contribution in [2.45, 2.75) is 39.2 Å². The molecule has 3 nitrogen and oxygen atoms in total. The molecule has 3 rings (SSSR count). The normalized spacial score (nSPS) is 18.2. The molecule has 2 heterocycles. The standard InChI is InChI=1S/C14H18N2O.C2H6/c1-17-12-4-5-14-13(8-12)10(9-16-14)7-11-3-2-6-15-11;1-2/h4-5,8-9,11,15-16H,2-3,6-7H2,1H3;1-2H3. The van der Waals surface area contributed by atoms with Gasteiger partial charge in [-0.1, -0.05) is 13.8 Å². The van der Waals surface area contributed by atoms with Gasteiger partial charge >= 0.3 is 0 Å². The fourth-order valence-corrected chi connectivity index (χ4v) is 2.65. The van der Waals surface area contributed by atoms with Crippen molar-refractivity contribution in [2.75, 3.05) is 13.7 Å². The van der Waals surface area contributed by atoms with E-state index in [0.29, 0.717) is 6.04 Å². The van der Waals surface area contributed by atoms with E-state index in [9.17, 15) is 0 Å². The number of fused-ring (bicyclic) bond motifs is 1. The molecule has 0 aliphatic carbocycles. The van der Waals surface area contributed by atoms with Crippen LogP contribution in [0.4, 0.5) is 0 Å². The lowest BCUT2D eigenvalue weighted by Gasteiger charge is -2.09. The highest BCUT2D eigenvalue weighted by atomic mass is 16.5. The summed E-state index contributed by atoms with van der Waals surface area (Å²) in [5.41, 5.74) is 2.58. The van der Waals surface area contributed by atoms with Gasteiger partial charge in [0, 0.05) is 23.1 Å². The van der Waals surface area contributed by atoms with Gasteiger partial charge in [-0.25, -0.2) is 0 Å². The summed E-state index contributed by atoms with van der Waals surface area (Å²) in [6, 6.07) is 6.84. The summed E-state index contributed by atoms with van der Waals surface area (Å²) in [7, 11) is 1.71. The van der Waals surface area contributed by atoms with E-state index in [2.05, 4.69) is 28.6 Å². The van der Waals surface area contributed by atoms with Crippen LogP contribution in [-0.2, 0) is 6.42 Å². The van der Waals surface area contributed by atoms with E-state index in [4.69, 9.17) is 4.74 Å². The topological polar surface area (TPSA) is 37.0 Å². The summed E-state index contributed by atoms with van der Waals surface area (Å²) in [6.07, 6.45) is 5.82. The average Bonchev–Trinajstić information content (AvgIpc) is 3.11. The Hall–Kier alpha value is -1.48. The largest absolute Gasteiger partial charge is 0.497 e. The Morgan fingerprint density at radius 3 is 2.84 bits per heavy atom. The van der Waals surface area contributed by atoms with Gasteiger partial charge in [0.25, 0.3) is 0 Å². The van der Waals surface area contributed by atoms with Crippen molar-refractivity contribution in [3.8, 4) is 5.75 Å². The number of hydrogen-bond acceptors (Lipinski definition) is 2. The fraction of sp³-hybridized carbons (Fsp3) is 0.500. The summed E-state index contributed by atoms with van der Waals surface area (Å²) in [5.74, 6) is 0.928. The molecule has 1 aliphatic heterocycles. The summed E-state index contributed by atoms with van der Waals surface area (Å²) in [6.45, 7) is 5.16. The minimum atomic E-state index is 0.639. The molecule has 1 unspecified atom stereocenters. The first-order chi connectivity index (χ1) is 9.36. The molecule has 1 saturated heterocycles. The Kier molecular flexibility index (Phi) is 4.86. The molecule has 3 heteroatoms. The van der Waals surface area contributed by atoms with Gasteiger partial charge in [-0.2, -0.15) is 0 Å². The van der Waals surface area contributed by atoms with Crippen LogP contribution in [0.15, 0.2) is 24.4 Å². The van der Waals surface area contributed by atoms with Gasteiger partial charge in [0.2, 0.25) is 0 Å². The van der Waals surface area contributed by atoms with Crippen molar-refractivity contribution >= 4 is 10.9 Å². The number of rotatable bonds is 3. The Balaban J connectivity index is 0.000000637. The molecule has 0 radical (unpaired) electrons. The fourth-order valence-electron chi connectivity index (χ4n) is 2.65. The van der Waals surface area contributed by atoms with Gasteiger partial charge in [-0.3, -0.25) is 0 Å². The third-order valence-corrected chi connectivity index (χ3v) is 3.60. The first-order valence-electron chi connectivity index (χ1n) is 7.24. The molecule has 1 fully saturated rings. The number of ether oxygens (including phenoxy) is 1. The highest BCUT2D eigenvalue weighted by Crippen LogP contribution is 2.25. The number of methoxy groups -OCH3 is 1. The highest BCUT2D eigenvalue weighted by Gasteiger charge is 2.16. The van der Waals surface area contributed by atoms with Gasteiger partial charge in [0.05, 0.1) is 7.11 Å². The van der Waals surface area contributed by atoms with Crippen LogP contribution in [0.2, 0.25) is 0 Å². The predicted octanol–water partition coefficient (Wildman–Crippen LogP) is 3.50. The molecule has 2 N–H and O–H groups in total. The van der Waals surface area contributed by atoms with Crippen LogP contribution in [0.5, 0.6) is 5.75 Å². The molecule has 1 aromatic carbocycles. The van der Waals surface area contributed by atoms with Crippen LogP contribution in [-0.4, -0.2) is 24.7 Å². The maximum Gasteiger partial charge on any atom is 0.119 e. The van der Waals surface area contributed by atoms with Gasteiger partial charge in [0.15, 0.2) is 0 Å². The van der Waals surface area contributed by atoms with Crippen molar-refractivity contribution < 1.29 is 4.74 Å². The second kappa shape index (κ2) is 6.62. The lowest BCUT2D eigenvalue weighted by molar-refractivity contribution is 0.415. The molecule has 19 heavy (non-hydrogen) atoms. The van der Waals surface area contributed by atoms with E-state index in [0.717, 1.165) is 18.7 Å². The van der Waals surface area contributed by atoms with Gasteiger partial charge < -0.3 is 15.0 Å². The lowest BCUT2D eigenvalue weighted by Crippen LogP contribution is -2.23. The molecular formula is C16H24N2O. The van der Waals surface area contributed by atoms with Crippen molar-refractivity contribution in [1.29, 1.82) is 0 Å². The molecule has 2 aromatic rings. The SMILES string of the molecule is CC.COc1ccc2[nH]cc(CC3CCCN3)c2c1. The maximum absolute atomic E-state index is 5.29. The quantitative estimate of drug-likeness (QED) is 0.886. The van der Waals surface area contributed by atoms with Crippen LogP contribution in [0.25, 0.3) is 10.9 Å². The zero-order valence-electron chi connectivity index (χ0n) is 12.1. The molecule has 0 amide bonds. The summed E-state index contributed by atoms with van der Waals surface area (Å²) >= 11 is 0. The zero-order valence-corrected chi connectivity index (χ0v) is 12.1. The average molecular weight is 260 g/mol. The number of nitrogens with one attached hydrogen (secondary N) is 2. The molecule has 1 atom stereocenters. The van der Waals surface area contributed by atoms with Crippen LogP contribution in [0, 0.1) is 0 Å². The summed E-state index contributed by atoms with van der Waals surface area (Å²) in [5, 5.41) is 4.83. The van der Waals surface area contributed by atoms with Gasteiger partial charge in [0.1, 0.15) is 5.75 Å². The first-order valence-corrected chi connectivity index (χ1v) is 7.24. The van der Waals surface area contributed by atoms with E-state index in [-0.39, 0.29) is 0 Å². The molecular weight excluding hydrogens is 236 g/mol. The van der Waals surface area contributed by atoms with Crippen molar-refractivity contribution in [1.82, 2.24) is 10.3 Å². The van der Waals surface area contributed by atoms with Crippen LogP contribution >= 0.6 is 0 Å². The number of H-pyrrole nitrogens is 1. The van der Waals surface area contributed by atoms with E-state index < -0.39 is 0 Å². The molecule has 0 saturated carbocycles. The van der Waals surface area contributed by atoms with Crippen molar-refractivity contribution in [3.63, 3.8) is 0 Å². The van der Waals surface area contributed by atoms with E-state index in [1.165, 1.54) is 29.3 Å². The summed E-state index contributed by atoms with van der Waals surface area (Å²) < 4.78 is 5.29. The number of aromatic amines is 1.